The smallest absolute Gasteiger partial charge is 0.259 e. The molecule has 0 aliphatic carbocycles. The molecule has 6 heteroatoms. The number of methoxy groups -OCH3 is 1. The molecular formula is C12H14BrF2NO2. The topological polar surface area (TPSA) is 29.5 Å². The van der Waals surface area contributed by atoms with E-state index in [1.165, 1.54) is 11.9 Å². The molecule has 1 rings (SSSR count). The highest BCUT2D eigenvalue weighted by Gasteiger charge is 2.21. The van der Waals surface area contributed by atoms with Gasteiger partial charge in [0.25, 0.3) is 5.91 Å². The van der Waals surface area contributed by atoms with E-state index in [1.807, 2.05) is 0 Å². The lowest BCUT2D eigenvalue weighted by Gasteiger charge is -2.17. The summed E-state index contributed by atoms with van der Waals surface area (Å²) in [5.41, 5.74) is -0.530. The fourth-order valence-electron chi connectivity index (χ4n) is 1.48. The van der Waals surface area contributed by atoms with E-state index in [4.69, 9.17) is 4.74 Å². The normalized spacial score (nSPS) is 10.5. The van der Waals surface area contributed by atoms with Crippen molar-refractivity contribution in [2.75, 3.05) is 27.3 Å². The first-order valence-electron chi connectivity index (χ1n) is 5.36. The molecule has 0 spiro atoms. The molecule has 0 unspecified atom stereocenters. The summed E-state index contributed by atoms with van der Waals surface area (Å²) in [6, 6.07) is 2.14. The van der Waals surface area contributed by atoms with Crippen LogP contribution in [0, 0.1) is 11.6 Å². The summed E-state index contributed by atoms with van der Waals surface area (Å²) >= 11 is 2.96. The average Bonchev–Trinajstić information content (AvgIpc) is 2.27. The Hall–Kier alpha value is -1.01. The van der Waals surface area contributed by atoms with Crippen LogP contribution in [0.4, 0.5) is 8.78 Å². The lowest BCUT2D eigenvalue weighted by atomic mass is 10.1. The number of carbonyl (C=O) groups excluding carboxylic acids is 1. The summed E-state index contributed by atoms with van der Waals surface area (Å²) in [6.07, 6.45) is 0.610. The first-order chi connectivity index (χ1) is 8.47. The molecule has 0 aromatic heterocycles. The summed E-state index contributed by atoms with van der Waals surface area (Å²) in [5.74, 6) is -2.41. The maximum Gasteiger partial charge on any atom is 0.259 e. The van der Waals surface area contributed by atoms with Crippen molar-refractivity contribution in [3.8, 4) is 0 Å². The van der Waals surface area contributed by atoms with Gasteiger partial charge in [-0.2, -0.15) is 0 Å². The van der Waals surface area contributed by atoms with Gasteiger partial charge in [0, 0.05) is 31.8 Å². The summed E-state index contributed by atoms with van der Waals surface area (Å²) in [6.45, 7) is 0.866. The highest BCUT2D eigenvalue weighted by molar-refractivity contribution is 9.10. The molecule has 100 valence electrons. The highest BCUT2D eigenvalue weighted by Crippen LogP contribution is 2.20. The molecule has 0 heterocycles. The summed E-state index contributed by atoms with van der Waals surface area (Å²) in [5, 5.41) is 0. The van der Waals surface area contributed by atoms with Crippen LogP contribution in [0.15, 0.2) is 16.6 Å². The van der Waals surface area contributed by atoms with Crippen molar-refractivity contribution in [1.82, 2.24) is 4.90 Å². The second kappa shape index (κ2) is 6.80. The van der Waals surface area contributed by atoms with Crippen LogP contribution in [-0.4, -0.2) is 38.1 Å². The van der Waals surface area contributed by atoms with Gasteiger partial charge < -0.3 is 9.64 Å². The largest absolute Gasteiger partial charge is 0.385 e. The molecule has 1 aromatic carbocycles. The van der Waals surface area contributed by atoms with Crippen LogP contribution in [0.3, 0.4) is 0 Å². The van der Waals surface area contributed by atoms with Crippen molar-refractivity contribution in [2.45, 2.75) is 6.42 Å². The third-order valence-electron chi connectivity index (χ3n) is 2.41. The number of halogens is 3. The summed E-state index contributed by atoms with van der Waals surface area (Å²) in [7, 11) is 3.05. The standard InChI is InChI=1S/C12H14BrF2NO2/c1-16(4-3-5-18-2)12(17)11-9(14)6-8(13)7-10(11)15/h6-7H,3-5H2,1-2H3. The third-order valence-corrected chi connectivity index (χ3v) is 2.87. The van der Waals surface area contributed by atoms with Gasteiger partial charge in [0.05, 0.1) is 0 Å². The SMILES string of the molecule is COCCCN(C)C(=O)c1c(F)cc(Br)cc1F. The molecular weight excluding hydrogens is 308 g/mol. The van der Waals surface area contributed by atoms with E-state index in [9.17, 15) is 13.6 Å². The quantitative estimate of drug-likeness (QED) is 0.780. The Kier molecular flexibility index (Phi) is 5.68. The van der Waals surface area contributed by atoms with Gasteiger partial charge in [0.1, 0.15) is 17.2 Å². The first kappa shape index (κ1) is 15.0. The Bertz CT molecular complexity index is 417. The predicted molar refractivity (Wildman–Crippen MR) is 67.5 cm³/mol. The van der Waals surface area contributed by atoms with Crippen molar-refractivity contribution < 1.29 is 18.3 Å². The number of ether oxygens (including phenoxy) is 1. The van der Waals surface area contributed by atoms with Crippen LogP contribution in [-0.2, 0) is 4.74 Å². The molecule has 1 amide bonds. The lowest BCUT2D eigenvalue weighted by Crippen LogP contribution is -2.30. The molecule has 3 nitrogen and oxygen atoms in total. The van der Waals surface area contributed by atoms with Gasteiger partial charge in [-0.1, -0.05) is 15.9 Å². The van der Waals surface area contributed by atoms with Crippen LogP contribution >= 0.6 is 15.9 Å². The molecule has 0 atom stereocenters. The van der Waals surface area contributed by atoms with Gasteiger partial charge >= 0.3 is 0 Å². The molecule has 0 N–H and O–H groups in total. The highest BCUT2D eigenvalue weighted by atomic mass is 79.9. The third kappa shape index (κ3) is 3.74. The second-order valence-electron chi connectivity index (χ2n) is 3.82. The Morgan fingerprint density at radius 1 is 1.39 bits per heavy atom. The number of hydrogen-bond donors (Lipinski definition) is 0. The zero-order valence-corrected chi connectivity index (χ0v) is 11.8. The van der Waals surface area contributed by atoms with Crippen LogP contribution in [0.1, 0.15) is 16.8 Å². The Morgan fingerprint density at radius 3 is 2.44 bits per heavy atom. The molecule has 18 heavy (non-hydrogen) atoms. The molecule has 0 saturated heterocycles. The van der Waals surface area contributed by atoms with Gasteiger partial charge in [-0.3, -0.25) is 4.79 Å². The average molecular weight is 322 g/mol. The minimum absolute atomic E-state index is 0.260. The predicted octanol–water partition coefficient (Wildman–Crippen LogP) is 2.84. The van der Waals surface area contributed by atoms with E-state index in [1.54, 1.807) is 7.11 Å². The van der Waals surface area contributed by atoms with Crippen LogP contribution in [0.25, 0.3) is 0 Å². The van der Waals surface area contributed by atoms with Crippen LogP contribution < -0.4 is 0 Å². The van der Waals surface area contributed by atoms with Crippen LogP contribution in [0.2, 0.25) is 0 Å². The molecule has 0 aliphatic rings. The maximum atomic E-state index is 13.6. The summed E-state index contributed by atoms with van der Waals surface area (Å²) < 4.78 is 32.2. The fourth-order valence-corrected chi connectivity index (χ4v) is 1.89. The zero-order chi connectivity index (χ0) is 13.7. The van der Waals surface area contributed by atoms with Crippen molar-refractivity contribution in [2.24, 2.45) is 0 Å². The van der Waals surface area contributed by atoms with E-state index in [-0.39, 0.29) is 4.47 Å². The van der Waals surface area contributed by atoms with Crippen LogP contribution in [0.5, 0.6) is 0 Å². The molecule has 1 aromatic rings. The summed E-state index contributed by atoms with van der Waals surface area (Å²) in [4.78, 5) is 13.2. The van der Waals surface area contributed by atoms with Gasteiger partial charge in [-0.15, -0.1) is 0 Å². The van der Waals surface area contributed by atoms with Gasteiger partial charge in [0.15, 0.2) is 0 Å². The molecule has 0 bridgehead atoms. The van der Waals surface area contributed by atoms with E-state index in [0.717, 1.165) is 12.1 Å². The van der Waals surface area contributed by atoms with Gasteiger partial charge in [0.2, 0.25) is 0 Å². The number of hydrogen-bond acceptors (Lipinski definition) is 2. The van der Waals surface area contributed by atoms with E-state index < -0.39 is 23.1 Å². The van der Waals surface area contributed by atoms with Crippen molar-refractivity contribution in [3.63, 3.8) is 0 Å². The maximum absolute atomic E-state index is 13.6. The number of amides is 1. The van der Waals surface area contributed by atoms with Crippen molar-refractivity contribution in [3.05, 3.63) is 33.8 Å². The molecule has 0 fully saturated rings. The van der Waals surface area contributed by atoms with E-state index in [2.05, 4.69) is 15.9 Å². The number of benzene rings is 1. The molecule has 0 saturated carbocycles. The van der Waals surface area contributed by atoms with Crippen molar-refractivity contribution >= 4 is 21.8 Å². The zero-order valence-electron chi connectivity index (χ0n) is 10.2. The second-order valence-corrected chi connectivity index (χ2v) is 4.73. The van der Waals surface area contributed by atoms with Gasteiger partial charge in [-0.25, -0.2) is 8.78 Å². The van der Waals surface area contributed by atoms with Crippen molar-refractivity contribution in [1.29, 1.82) is 0 Å². The molecule has 0 aliphatic heterocycles. The lowest BCUT2D eigenvalue weighted by molar-refractivity contribution is 0.0769. The minimum Gasteiger partial charge on any atom is -0.385 e. The Labute approximate surface area is 113 Å². The number of carbonyl (C=O) groups is 1. The Morgan fingerprint density at radius 2 is 1.94 bits per heavy atom. The first-order valence-corrected chi connectivity index (χ1v) is 6.15. The minimum atomic E-state index is -0.870. The van der Waals surface area contributed by atoms with Gasteiger partial charge in [-0.05, 0) is 18.6 Å². The number of nitrogens with zero attached hydrogens (tertiary/aromatic N) is 1. The fraction of sp³-hybridized carbons (Fsp3) is 0.417. The Balaban J connectivity index is 2.83. The van der Waals surface area contributed by atoms with E-state index in [0.29, 0.717) is 19.6 Å². The monoisotopic (exact) mass is 321 g/mol. The van der Waals surface area contributed by atoms with E-state index >= 15 is 0 Å². The number of rotatable bonds is 5. The molecule has 0 radical (unpaired) electrons.